The predicted molar refractivity (Wildman–Crippen MR) is 124 cm³/mol. The standard InChI is InChI=1S/C20H32N6.HI/c1-4-21-20(23-15-17-25(5-2)6-3)22-14-12-18-8-10-19(11-9-18)26-16-7-13-24-26;/h7-11,13,16H,4-6,12,14-15,17H2,1-3H3,(H2,21,22,23);1H. The lowest BCUT2D eigenvalue weighted by atomic mass is 10.1. The van der Waals surface area contributed by atoms with Gasteiger partial charge in [-0.05, 0) is 50.2 Å². The lowest BCUT2D eigenvalue weighted by Crippen LogP contribution is -2.39. The van der Waals surface area contributed by atoms with Gasteiger partial charge in [-0.15, -0.1) is 24.0 Å². The van der Waals surface area contributed by atoms with Gasteiger partial charge in [-0.2, -0.15) is 5.10 Å². The zero-order valence-corrected chi connectivity index (χ0v) is 19.0. The maximum Gasteiger partial charge on any atom is 0.191 e. The fourth-order valence-corrected chi connectivity index (χ4v) is 2.75. The minimum absolute atomic E-state index is 0. The summed E-state index contributed by atoms with van der Waals surface area (Å²) < 4.78 is 1.87. The first-order valence-electron chi connectivity index (χ1n) is 9.60. The molecule has 1 aromatic carbocycles. The molecule has 0 bridgehead atoms. The zero-order valence-electron chi connectivity index (χ0n) is 16.7. The summed E-state index contributed by atoms with van der Waals surface area (Å²) >= 11 is 0. The van der Waals surface area contributed by atoms with E-state index in [1.54, 1.807) is 6.20 Å². The van der Waals surface area contributed by atoms with Crippen LogP contribution in [-0.2, 0) is 6.42 Å². The van der Waals surface area contributed by atoms with Crippen molar-refractivity contribution in [1.82, 2.24) is 25.3 Å². The van der Waals surface area contributed by atoms with Crippen LogP contribution in [0.3, 0.4) is 0 Å². The molecule has 0 spiro atoms. The van der Waals surface area contributed by atoms with Crippen molar-refractivity contribution in [2.24, 2.45) is 4.99 Å². The average Bonchev–Trinajstić information content (AvgIpc) is 3.20. The van der Waals surface area contributed by atoms with E-state index in [0.717, 1.165) is 57.3 Å². The highest BCUT2D eigenvalue weighted by molar-refractivity contribution is 14.0. The lowest BCUT2D eigenvalue weighted by Gasteiger charge is -2.17. The second-order valence-electron chi connectivity index (χ2n) is 6.08. The Morgan fingerprint density at radius 2 is 1.85 bits per heavy atom. The van der Waals surface area contributed by atoms with Crippen molar-refractivity contribution >= 4 is 29.9 Å². The number of aromatic nitrogens is 2. The van der Waals surface area contributed by atoms with Gasteiger partial charge in [-0.3, -0.25) is 4.99 Å². The molecule has 7 heteroatoms. The third kappa shape index (κ3) is 8.30. The Hall–Kier alpha value is -1.61. The number of hydrogen-bond donors (Lipinski definition) is 2. The molecule has 6 nitrogen and oxygen atoms in total. The molecule has 27 heavy (non-hydrogen) atoms. The van der Waals surface area contributed by atoms with Gasteiger partial charge in [0.1, 0.15) is 0 Å². The summed E-state index contributed by atoms with van der Waals surface area (Å²) in [6.07, 6.45) is 4.70. The smallest absolute Gasteiger partial charge is 0.191 e. The van der Waals surface area contributed by atoms with Gasteiger partial charge in [-0.1, -0.05) is 26.0 Å². The van der Waals surface area contributed by atoms with Crippen LogP contribution < -0.4 is 10.6 Å². The molecule has 2 N–H and O–H groups in total. The Balaban J connectivity index is 0.00000364. The molecule has 0 saturated heterocycles. The third-order valence-electron chi connectivity index (χ3n) is 4.34. The van der Waals surface area contributed by atoms with Gasteiger partial charge >= 0.3 is 0 Å². The van der Waals surface area contributed by atoms with Gasteiger partial charge in [-0.25, -0.2) is 4.68 Å². The van der Waals surface area contributed by atoms with Crippen molar-refractivity contribution in [1.29, 1.82) is 0 Å². The number of halogens is 1. The molecule has 0 atom stereocenters. The predicted octanol–water partition coefficient (Wildman–Crippen LogP) is 2.93. The van der Waals surface area contributed by atoms with Crippen molar-refractivity contribution in [2.45, 2.75) is 27.2 Å². The van der Waals surface area contributed by atoms with Crippen molar-refractivity contribution in [3.63, 3.8) is 0 Å². The maximum atomic E-state index is 4.67. The molecule has 2 aromatic rings. The van der Waals surface area contributed by atoms with E-state index in [9.17, 15) is 0 Å². The summed E-state index contributed by atoms with van der Waals surface area (Å²) in [6, 6.07) is 10.4. The molecule has 0 unspecified atom stereocenters. The minimum atomic E-state index is 0. The maximum absolute atomic E-state index is 4.67. The van der Waals surface area contributed by atoms with Crippen LogP contribution in [0.5, 0.6) is 0 Å². The van der Waals surface area contributed by atoms with Gasteiger partial charge in [0.15, 0.2) is 5.96 Å². The van der Waals surface area contributed by atoms with Gasteiger partial charge in [0.05, 0.1) is 12.2 Å². The molecule has 0 saturated carbocycles. The fourth-order valence-electron chi connectivity index (χ4n) is 2.75. The Labute approximate surface area is 180 Å². The van der Waals surface area contributed by atoms with Crippen LogP contribution in [0.25, 0.3) is 5.69 Å². The molecule has 0 aliphatic carbocycles. The molecule has 0 aliphatic rings. The monoisotopic (exact) mass is 484 g/mol. The van der Waals surface area contributed by atoms with E-state index in [1.165, 1.54) is 5.56 Å². The van der Waals surface area contributed by atoms with E-state index >= 15 is 0 Å². The highest BCUT2D eigenvalue weighted by Gasteiger charge is 2.01. The molecule has 0 radical (unpaired) electrons. The second kappa shape index (κ2) is 13.5. The summed E-state index contributed by atoms with van der Waals surface area (Å²) in [7, 11) is 0. The second-order valence-corrected chi connectivity index (χ2v) is 6.08. The van der Waals surface area contributed by atoms with Crippen molar-refractivity contribution in [2.75, 3.05) is 39.3 Å². The largest absolute Gasteiger partial charge is 0.357 e. The topological polar surface area (TPSA) is 57.5 Å². The molecule has 1 heterocycles. The molecule has 1 aromatic heterocycles. The number of benzene rings is 1. The van der Waals surface area contributed by atoms with E-state index in [1.807, 2.05) is 16.9 Å². The van der Waals surface area contributed by atoms with Gasteiger partial charge in [0, 0.05) is 32.0 Å². The first-order valence-corrected chi connectivity index (χ1v) is 9.60. The number of hydrogen-bond acceptors (Lipinski definition) is 3. The number of nitrogens with one attached hydrogen (secondary N) is 2. The van der Waals surface area contributed by atoms with E-state index in [4.69, 9.17) is 0 Å². The summed E-state index contributed by atoms with van der Waals surface area (Å²) in [5.41, 5.74) is 2.38. The molecule has 0 aliphatic heterocycles. The van der Waals surface area contributed by atoms with Crippen molar-refractivity contribution in [3.8, 4) is 5.69 Å². The number of aliphatic imine (C=N–C) groups is 1. The Morgan fingerprint density at radius 1 is 1.11 bits per heavy atom. The molecule has 2 rings (SSSR count). The van der Waals surface area contributed by atoms with Crippen molar-refractivity contribution < 1.29 is 0 Å². The van der Waals surface area contributed by atoms with E-state index in [0.29, 0.717) is 0 Å². The summed E-state index contributed by atoms with van der Waals surface area (Å²) in [4.78, 5) is 7.05. The SMILES string of the molecule is CCNC(=NCCN(CC)CC)NCCc1ccc(-n2cccn2)cc1.I. The fraction of sp³-hybridized carbons (Fsp3) is 0.500. The summed E-state index contributed by atoms with van der Waals surface area (Å²) in [5.74, 6) is 0.896. The lowest BCUT2D eigenvalue weighted by molar-refractivity contribution is 0.313. The first kappa shape index (κ1) is 23.4. The van der Waals surface area contributed by atoms with Crippen LogP contribution in [0.4, 0.5) is 0 Å². The zero-order chi connectivity index (χ0) is 18.6. The Morgan fingerprint density at radius 3 is 2.44 bits per heavy atom. The van der Waals surface area contributed by atoms with Crippen LogP contribution in [0.1, 0.15) is 26.3 Å². The third-order valence-corrected chi connectivity index (χ3v) is 4.34. The van der Waals surface area contributed by atoms with Gasteiger partial charge in [0.25, 0.3) is 0 Å². The summed E-state index contributed by atoms with van der Waals surface area (Å²) in [5, 5.41) is 11.0. The molecule has 0 fully saturated rings. The van der Waals surface area contributed by atoms with Crippen LogP contribution in [-0.4, -0.2) is 59.9 Å². The highest BCUT2D eigenvalue weighted by Crippen LogP contribution is 2.08. The highest BCUT2D eigenvalue weighted by atomic mass is 127. The Kier molecular flexibility index (Phi) is 11.8. The minimum Gasteiger partial charge on any atom is -0.357 e. The number of nitrogens with zero attached hydrogens (tertiary/aromatic N) is 4. The Bertz CT molecular complexity index is 635. The average molecular weight is 484 g/mol. The van der Waals surface area contributed by atoms with Crippen LogP contribution in [0.15, 0.2) is 47.7 Å². The van der Waals surface area contributed by atoms with Crippen molar-refractivity contribution in [3.05, 3.63) is 48.3 Å². The van der Waals surface area contributed by atoms with Gasteiger partial charge < -0.3 is 15.5 Å². The van der Waals surface area contributed by atoms with Gasteiger partial charge in [0.2, 0.25) is 0 Å². The van der Waals surface area contributed by atoms with Crippen LogP contribution >= 0.6 is 24.0 Å². The number of likely N-dealkylation sites (N-methyl/N-ethyl adjacent to an activating group) is 1. The first-order chi connectivity index (χ1) is 12.8. The van der Waals surface area contributed by atoms with Crippen LogP contribution in [0, 0.1) is 0 Å². The normalized spacial score (nSPS) is 11.3. The molecular formula is C20H33IN6. The van der Waals surface area contributed by atoms with E-state index in [2.05, 4.69) is 70.7 Å². The quantitative estimate of drug-likeness (QED) is 0.310. The van der Waals surface area contributed by atoms with E-state index in [-0.39, 0.29) is 24.0 Å². The van der Waals surface area contributed by atoms with E-state index < -0.39 is 0 Å². The number of guanidine groups is 1. The molecular weight excluding hydrogens is 451 g/mol. The van der Waals surface area contributed by atoms with Crippen LogP contribution in [0.2, 0.25) is 0 Å². The molecule has 0 amide bonds. The molecule has 150 valence electrons. The number of rotatable bonds is 10. The summed E-state index contributed by atoms with van der Waals surface area (Å²) in [6.45, 7) is 12.2.